The molecule has 2 aliphatic heterocycles. The Morgan fingerprint density at radius 3 is 2.94 bits per heavy atom. The van der Waals surface area contributed by atoms with Gasteiger partial charge in [-0.15, -0.1) is 0 Å². The molecule has 1 aromatic heterocycles. The lowest BCUT2D eigenvalue weighted by atomic mass is 10.1. The molecule has 0 bridgehead atoms. The van der Waals surface area contributed by atoms with Crippen molar-refractivity contribution in [1.29, 1.82) is 0 Å². The van der Waals surface area contributed by atoms with Gasteiger partial charge in [-0.2, -0.15) is 0 Å². The van der Waals surface area contributed by atoms with Crippen molar-refractivity contribution >= 4 is 50.3 Å². The van der Waals surface area contributed by atoms with E-state index in [1.165, 1.54) is 0 Å². The fourth-order valence-corrected chi connectivity index (χ4v) is 4.73. The highest BCUT2D eigenvalue weighted by molar-refractivity contribution is 9.10. The normalized spacial score (nSPS) is 18.1. The molecule has 160 valence electrons. The minimum Gasteiger partial charge on any atom is -0.491 e. The van der Waals surface area contributed by atoms with Crippen molar-refractivity contribution in [3.8, 4) is 5.75 Å². The van der Waals surface area contributed by atoms with E-state index in [-0.39, 0.29) is 18.7 Å². The molecule has 5 rings (SSSR count). The van der Waals surface area contributed by atoms with E-state index in [9.17, 15) is 4.79 Å². The number of nitrogens with zero attached hydrogens (tertiary/aromatic N) is 4. The van der Waals surface area contributed by atoms with E-state index in [0.29, 0.717) is 37.0 Å². The molecular formula is C22H20BrClN4O3. The number of aromatic nitrogens is 2. The lowest BCUT2D eigenvalue weighted by molar-refractivity contribution is 0.0869. The van der Waals surface area contributed by atoms with Crippen LogP contribution >= 0.6 is 27.5 Å². The van der Waals surface area contributed by atoms with Crippen molar-refractivity contribution in [2.45, 2.75) is 19.1 Å². The van der Waals surface area contributed by atoms with Crippen molar-refractivity contribution in [3.05, 3.63) is 57.8 Å². The third-order valence-corrected chi connectivity index (χ3v) is 6.90. The van der Waals surface area contributed by atoms with Crippen LogP contribution in [0, 0.1) is 0 Å². The molecule has 7 nitrogen and oxygen atoms in total. The summed E-state index contributed by atoms with van der Waals surface area (Å²) < 4.78 is 12.3. The summed E-state index contributed by atoms with van der Waals surface area (Å²) in [5.74, 6) is 1.39. The van der Waals surface area contributed by atoms with Crippen LogP contribution in [0.4, 0.5) is 10.6 Å². The van der Waals surface area contributed by atoms with E-state index in [0.717, 1.165) is 33.2 Å². The molecule has 9 heteroatoms. The van der Waals surface area contributed by atoms with Crippen LogP contribution in [0.15, 0.2) is 47.2 Å². The molecule has 2 aliphatic rings. The fourth-order valence-electron chi connectivity index (χ4n) is 4.13. The Kier molecular flexibility index (Phi) is 5.58. The van der Waals surface area contributed by atoms with E-state index in [4.69, 9.17) is 21.1 Å². The second-order valence-corrected chi connectivity index (χ2v) is 8.80. The fraction of sp³-hybridized carbons (Fsp3) is 0.318. The van der Waals surface area contributed by atoms with Crippen LogP contribution < -0.4 is 9.64 Å². The van der Waals surface area contributed by atoms with Crippen molar-refractivity contribution in [1.82, 2.24) is 14.9 Å². The number of ether oxygens (including phenoxy) is 2. The molecule has 1 fully saturated rings. The quantitative estimate of drug-likeness (QED) is 0.507. The molecule has 0 N–H and O–H groups in total. The molecule has 31 heavy (non-hydrogen) atoms. The van der Waals surface area contributed by atoms with Crippen LogP contribution in [-0.4, -0.2) is 53.2 Å². The zero-order valence-corrected chi connectivity index (χ0v) is 19.0. The summed E-state index contributed by atoms with van der Waals surface area (Å²) in [5, 5.41) is 1.32. The highest BCUT2D eigenvalue weighted by atomic mass is 79.9. The van der Waals surface area contributed by atoms with Gasteiger partial charge in [-0.3, -0.25) is 0 Å². The second kappa shape index (κ2) is 8.51. The number of rotatable bonds is 2. The first kappa shape index (κ1) is 20.3. The molecule has 1 atom stereocenters. The predicted molar refractivity (Wildman–Crippen MR) is 122 cm³/mol. The number of hydrogen-bond donors (Lipinski definition) is 0. The SMILES string of the molecule is O=C(OCc1ccccc1)N1CCN2c3ncnc4cc(Br)c(Cl)c(c34)OCC[C@@H]2C1. The number of anilines is 1. The lowest BCUT2D eigenvalue weighted by Crippen LogP contribution is -2.56. The number of benzene rings is 2. The standard InChI is InChI=1S/C22H20BrClN4O3/c23-16-10-17-18-20(19(16)24)30-9-6-15-11-27(7-8-28(15)21(18)26-13-25-17)22(29)31-12-14-4-2-1-3-5-14/h1-5,10,13,15H,6-9,11-12H2/t15-/m1/s1. The van der Waals surface area contributed by atoms with Crippen LogP contribution in [0.3, 0.4) is 0 Å². The van der Waals surface area contributed by atoms with Crippen molar-refractivity contribution < 1.29 is 14.3 Å². The van der Waals surface area contributed by atoms with Gasteiger partial charge in [-0.05, 0) is 27.6 Å². The van der Waals surface area contributed by atoms with Gasteiger partial charge in [0.2, 0.25) is 0 Å². The van der Waals surface area contributed by atoms with Crippen LogP contribution in [0.25, 0.3) is 10.9 Å². The van der Waals surface area contributed by atoms with E-state index < -0.39 is 0 Å². The average molecular weight is 504 g/mol. The summed E-state index contributed by atoms with van der Waals surface area (Å²) in [4.78, 5) is 25.6. The molecule has 3 aromatic rings. The van der Waals surface area contributed by atoms with Gasteiger partial charge in [0.1, 0.15) is 18.8 Å². The van der Waals surface area contributed by atoms with Gasteiger partial charge in [0.05, 0.1) is 28.6 Å². The van der Waals surface area contributed by atoms with Crippen molar-refractivity contribution in [2.75, 3.05) is 31.1 Å². The molecule has 0 aliphatic carbocycles. The average Bonchev–Trinajstić information content (AvgIpc) is 2.79. The summed E-state index contributed by atoms with van der Waals surface area (Å²) >= 11 is 10.00. The van der Waals surface area contributed by atoms with Gasteiger partial charge in [0, 0.05) is 30.5 Å². The Bertz CT molecular complexity index is 1130. The Morgan fingerprint density at radius 2 is 2.10 bits per heavy atom. The Balaban J connectivity index is 1.38. The van der Waals surface area contributed by atoms with E-state index in [1.54, 1.807) is 11.2 Å². The first-order valence-electron chi connectivity index (χ1n) is 10.1. The Labute approximate surface area is 193 Å². The van der Waals surface area contributed by atoms with Crippen molar-refractivity contribution in [2.24, 2.45) is 0 Å². The lowest BCUT2D eigenvalue weighted by Gasteiger charge is -2.42. The minimum absolute atomic E-state index is 0.0618. The zero-order chi connectivity index (χ0) is 21.4. The van der Waals surface area contributed by atoms with Crippen LogP contribution in [0.5, 0.6) is 5.75 Å². The smallest absolute Gasteiger partial charge is 0.410 e. The molecule has 1 saturated heterocycles. The second-order valence-electron chi connectivity index (χ2n) is 7.56. The zero-order valence-electron chi connectivity index (χ0n) is 16.6. The van der Waals surface area contributed by atoms with E-state index in [2.05, 4.69) is 30.8 Å². The van der Waals surface area contributed by atoms with Crippen LogP contribution in [-0.2, 0) is 11.3 Å². The molecule has 2 aromatic carbocycles. The summed E-state index contributed by atoms with van der Waals surface area (Å²) in [6.07, 6.45) is 1.99. The number of piperazine rings is 1. The molecule has 0 unspecified atom stereocenters. The molecule has 3 heterocycles. The topological polar surface area (TPSA) is 67.8 Å². The monoisotopic (exact) mass is 502 g/mol. The molecule has 0 spiro atoms. The summed E-state index contributed by atoms with van der Waals surface area (Å²) in [5.41, 5.74) is 1.73. The number of halogens is 2. The maximum Gasteiger partial charge on any atom is 0.410 e. The number of amides is 1. The molecule has 0 radical (unpaired) electrons. The first-order chi connectivity index (χ1) is 15.1. The highest BCUT2D eigenvalue weighted by Crippen LogP contribution is 2.43. The van der Waals surface area contributed by atoms with Crippen molar-refractivity contribution in [3.63, 3.8) is 0 Å². The Hall–Kier alpha value is -2.58. The number of fused-ring (bicyclic) bond motifs is 2. The van der Waals surface area contributed by atoms with Gasteiger partial charge >= 0.3 is 6.09 Å². The highest BCUT2D eigenvalue weighted by Gasteiger charge is 2.34. The third-order valence-electron chi connectivity index (χ3n) is 5.67. The maximum absolute atomic E-state index is 12.7. The van der Waals surface area contributed by atoms with Gasteiger partial charge < -0.3 is 19.3 Å². The Morgan fingerprint density at radius 1 is 1.26 bits per heavy atom. The largest absolute Gasteiger partial charge is 0.491 e. The van der Waals surface area contributed by atoms with Crippen LogP contribution in [0.1, 0.15) is 12.0 Å². The van der Waals surface area contributed by atoms with Gasteiger partial charge in [-0.1, -0.05) is 41.9 Å². The molecule has 0 saturated carbocycles. The number of carbonyl (C=O) groups is 1. The summed E-state index contributed by atoms with van der Waals surface area (Å²) in [7, 11) is 0. The van der Waals surface area contributed by atoms with Gasteiger partial charge in [0.25, 0.3) is 0 Å². The summed E-state index contributed by atoms with van der Waals surface area (Å²) in [6, 6.07) is 11.6. The van der Waals surface area contributed by atoms with Gasteiger partial charge in [-0.25, -0.2) is 14.8 Å². The minimum atomic E-state index is -0.299. The summed E-state index contributed by atoms with van der Waals surface area (Å²) in [6.45, 7) is 2.48. The maximum atomic E-state index is 12.7. The molecule has 1 amide bonds. The van der Waals surface area contributed by atoms with E-state index in [1.807, 2.05) is 36.4 Å². The number of carbonyl (C=O) groups excluding carboxylic acids is 1. The first-order valence-corrected chi connectivity index (χ1v) is 11.3. The molecular weight excluding hydrogens is 484 g/mol. The van der Waals surface area contributed by atoms with Crippen LogP contribution in [0.2, 0.25) is 5.02 Å². The number of hydrogen-bond acceptors (Lipinski definition) is 6. The predicted octanol–water partition coefficient (Wildman–Crippen LogP) is 4.66. The van der Waals surface area contributed by atoms with E-state index >= 15 is 0 Å². The third kappa shape index (κ3) is 3.90. The van der Waals surface area contributed by atoms with Gasteiger partial charge in [0.15, 0.2) is 5.75 Å².